The predicted octanol–water partition coefficient (Wildman–Crippen LogP) is 4.14. The summed E-state index contributed by atoms with van der Waals surface area (Å²) in [6.07, 6.45) is -0.192. The molecular weight excluding hydrogens is 371 g/mol. The minimum absolute atomic E-state index is 0.192. The van der Waals surface area contributed by atoms with Crippen LogP contribution in [0.15, 0.2) is 60.7 Å². The number of carbonyl (C=O) groups is 2. The fourth-order valence-electron chi connectivity index (χ4n) is 3.18. The molecule has 0 saturated carbocycles. The van der Waals surface area contributed by atoms with Crippen molar-refractivity contribution in [3.05, 3.63) is 88.7 Å². The fraction of sp³-hybridized carbons (Fsp3) is 0.130. The first kappa shape index (κ1) is 20.2. The summed E-state index contributed by atoms with van der Waals surface area (Å²) in [6, 6.07) is 16.6. The van der Waals surface area contributed by atoms with Crippen molar-refractivity contribution < 1.29 is 19.1 Å². The minimum atomic E-state index is -0.977. The van der Waals surface area contributed by atoms with Crippen molar-refractivity contribution in [1.82, 2.24) is 0 Å². The zero-order valence-electron chi connectivity index (χ0n) is 15.9. The molecule has 5 nitrogen and oxygen atoms in total. The quantitative estimate of drug-likeness (QED) is 0.588. The van der Waals surface area contributed by atoms with Gasteiger partial charge in [-0.2, -0.15) is 0 Å². The normalized spacial score (nSPS) is 10.6. The van der Waals surface area contributed by atoms with Crippen molar-refractivity contribution in [1.29, 1.82) is 0 Å². The number of aliphatic carboxylic acids is 1. The van der Waals surface area contributed by atoms with Crippen molar-refractivity contribution in [3.8, 4) is 11.1 Å². The third kappa shape index (κ3) is 4.86. The van der Waals surface area contributed by atoms with Crippen LogP contribution in [0.1, 0.15) is 27.0 Å². The Morgan fingerprint density at radius 1 is 1.03 bits per heavy atom. The van der Waals surface area contributed by atoms with Gasteiger partial charge in [-0.3, -0.25) is 9.59 Å². The lowest BCUT2D eigenvalue weighted by atomic mass is 10.00. The van der Waals surface area contributed by atoms with Gasteiger partial charge < -0.3 is 16.2 Å². The van der Waals surface area contributed by atoms with Gasteiger partial charge in [0.05, 0.1) is 6.42 Å². The number of anilines is 1. The largest absolute Gasteiger partial charge is 0.481 e. The van der Waals surface area contributed by atoms with E-state index in [-0.39, 0.29) is 18.9 Å². The second-order valence-electron chi connectivity index (χ2n) is 6.77. The maximum Gasteiger partial charge on any atom is 0.307 e. The lowest BCUT2D eigenvalue weighted by Gasteiger charge is -2.13. The van der Waals surface area contributed by atoms with E-state index >= 15 is 0 Å². The maximum atomic E-state index is 13.9. The van der Waals surface area contributed by atoms with Crippen LogP contribution in [0, 0.1) is 12.7 Å². The summed E-state index contributed by atoms with van der Waals surface area (Å²) in [7, 11) is 0. The molecule has 3 rings (SSSR count). The summed E-state index contributed by atoms with van der Waals surface area (Å²) in [4.78, 5) is 23.9. The molecule has 0 aliphatic heterocycles. The summed E-state index contributed by atoms with van der Waals surface area (Å²) >= 11 is 0. The number of nitrogens with one attached hydrogen (secondary N) is 1. The lowest BCUT2D eigenvalue weighted by Crippen LogP contribution is -2.15. The molecule has 29 heavy (non-hydrogen) atoms. The number of nitrogens with two attached hydrogens (primary N) is 1. The molecule has 0 radical (unpaired) electrons. The smallest absolute Gasteiger partial charge is 0.307 e. The molecule has 4 N–H and O–H groups in total. The Bertz CT molecular complexity index is 1080. The number of hydrogen-bond acceptors (Lipinski definition) is 3. The first-order valence-corrected chi connectivity index (χ1v) is 9.09. The summed E-state index contributed by atoms with van der Waals surface area (Å²) in [6.45, 7) is 2.02. The van der Waals surface area contributed by atoms with E-state index < -0.39 is 11.8 Å². The summed E-state index contributed by atoms with van der Waals surface area (Å²) in [5, 5.41) is 11.9. The Balaban J connectivity index is 1.92. The van der Waals surface area contributed by atoms with Crippen LogP contribution < -0.4 is 11.1 Å². The van der Waals surface area contributed by atoms with E-state index in [0.29, 0.717) is 33.5 Å². The highest BCUT2D eigenvalue weighted by Crippen LogP contribution is 2.25. The van der Waals surface area contributed by atoms with Gasteiger partial charge in [0.15, 0.2) is 0 Å². The van der Waals surface area contributed by atoms with E-state index in [0.717, 1.165) is 5.56 Å². The second-order valence-corrected chi connectivity index (χ2v) is 6.77. The summed E-state index contributed by atoms with van der Waals surface area (Å²) in [5.74, 6) is -1.74. The Hall–Kier alpha value is -3.51. The Morgan fingerprint density at radius 2 is 1.79 bits per heavy atom. The molecule has 0 spiro atoms. The van der Waals surface area contributed by atoms with Gasteiger partial charge in [-0.1, -0.05) is 30.3 Å². The molecule has 6 heteroatoms. The van der Waals surface area contributed by atoms with E-state index in [4.69, 9.17) is 10.8 Å². The highest BCUT2D eigenvalue weighted by Gasteiger charge is 2.14. The molecular formula is C23H21FN2O3. The van der Waals surface area contributed by atoms with Crippen LogP contribution in [0.2, 0.25) is 0 Å². The van der Waals surface area contributed by atoms with Gasteiger partial charge in [0.2, 0.25) is 0 Å². The number of para-hydroxylation sites is 1. The number of benzene rings is 3. The van der Waals surface area contributed by atoms with Gasteiger partial charge in [-0.05, 0) is 65.1 Å². The molecule has 1 amide bonds. The number of amides is 1. The molecule has 0 unspecified atom stereocenters. The van der Waals surface area contributed by atoms with Crippen molar-refractivity contribution >= 4 is 17.6 Å². The summed E-state index contributed by atoms with van der Waals surface area (Å²) in [5.41, 5.74) is 9.75. The topological polar surface area (TPSA) is 92.4 Å². The van der Waals surface area contributed by atoms with Gasteiger partial charge in [-0.15, -0.1) is 0 Å². The number of halogens is 1. The van der Waals surface area contributed by atoms with Gasteiger partial charge in [0.25, 0.3) is 5.91 Å². The Morgan fingerprint density at radius 3 is 2.52 bits per heavy atom. The average molecular weight is 392 g/mol. The average Bonchev–Trinajstić information content (AvgIpc) is 2.69. The monoisotopic (exact) mass is 392 g/mol. The van der Waals surface area contributed by atoms with Crippen LogP contribution in [-0.4, -0.2) is 17.0 Å². The number of rotatable bonds is 6. The zero-order valence-corrected chi connectivity index (χ0v) is 15.9. The van der Waals surface area contributed by atoms with Crippen LogP contribution in [0.3, 0.4) is 0 Å². The molecule has 0 aliphatic carbocycles. The fourth-order valence-corrected chi connectivity index (χ4v) is 3.18. The van der Waals surface area contributed by atoms with Crippen LogP contribution >= 0.6 is 0 Å². The predicted molar refractivity (Wildman–Crippen MR) is 110 cm³/mol. The molecule has 148 valence electrons. The molecule has 0 atom stereocenters. The molecule has 0 aromatic heterocycles. The number of hydrogen-bond donors (Lipinski definition) is 3. The molecule has 3 aromatic carbocycles. The van der Waals surface area contributed by atoms with E-state index in [1.807, 2.05) is 0 Å². The third-order valence-corrected chi connectivity index (χ3v) is 4.59. The first-order chi connectivity index (χ1) is 13.9. The van der Waals surface area contributed by atoms with Crippen molar-refractivity contribution in [3.63, 3.8) is 0 Å². The van der Waals surface area contributed by atoms with E-state index in [1.54, 1.807) is 55.5 Å². The molecule has 0 heterocycles. The number of aryl methyl sites for hydroxylation is 1. The number of carbonyl (C=O) groups excluding carboxylic acids is 1. The van der Waals surface area contributed by atoms with E-state index in [1.165, 1.54) is 12.1 Å². The summed E-state index contributed by atoms with van der Waals surface area (Å²) < 4.78 is 13.9. The van der Waals surface area contributed by atoms with Crippen LogP contribution in [0.4, 0.5) is 10.1 Å². The molecule has 0 saturated heterocycles. The molecule has 3 aromatic rings. The molecule has 0 fully saturated rings. The van der Waals surface area contributed by atoms with E-state index in [2.05, 4.69) is 5.32 Å². The molecule has 0 aliphatic rings. The van der Waals surface area contributed by atoms with Gasteiger partial charge in [0, 0.05) is 17.8 Å². The maximum absolute atomic E-state index is 13.9. The second kappa shape index (κ2) is 8.67. The standard InChI is InChI=1S/C23H21FN2O3/c1-14-4-2-6-17(12-21(27)28)22(14)26-23(29)18-7-3-5-16(10-18)19-8-15(13-25)9-20(24)11-19/h2-11H,12-13,25H2,1H3,(H,26,29)(H,27,28). The van der Waals surface area contributed by atoms with E-state index in [9.17, 15) is 14.0 Å². The van der Waals surface area contributed by atoms with Crippen molar-refractivity contribution in [2.45, 2.75) is 19.9 Å². The van der Waals surface area contributed by atoms with Crippen LogP contribution in [0.25, 0.3) is 11.1 Å². The number of carboxylic acids is 1. The van der Waals surface area contributed by atoms with Crippen molar-refractivity contribution in [2.24, 2.45) is 5.73 Å². The van der Waals surface area contributed by atoms with Gasteiger partial charge in [-0.25, -0.2) is 4.39 Å². The van der Waals surface area contributed by atoms with Crippen LogP contribution in [-0.2, 0) is 17.8 Å². The Kier molecular flexibility index (Phi) is 6.04. The minimum Gasteiger partial charge on any atom is -0.481 e. The van der Waals surface area contributed by atoms with Gasteiger partial charge in [0.1, 0.15) is 5.82 Å². The highest BCUT2D eigenvalue weighted by atomic mass is 19.1. The van der Waals surface area contributed by atoms with Crippen molar-refractivity contribution in [2.75, 3.05) is 5.32 Å². The lowest BCUT2D eigenvalue weighted by molar-refractivity contribution is -0.136. The zero-order chi connectivity index (χ0) is 21.0. The SMILES string of the molecule is Cc1cccc(CC(=O)O)c1NC(=O)c1cccc(-c2cc(F)cc(CN)c2)c1. The third-order valence-electron chi connectivity index (χ3n) is 4.59. The molecule has 0 bridgehead atoms. The van der Waals surface area contributed by atoms with Gasteiger partial charge >= 0.3 is 5.97 Å². The highest BCUT2D eigenvalue weighted by molar-refractivity contribution is 6.06. The first-order valence-electron chi connectivity index (χ1n) is 9.09. The Labute approximate surface area is 168 Å². The number of carboxylic acid groups (broad SMARTS) is 1. The van der Waals surface area contributed by atoms with Crippen LogP contribution in [0.5, 0.6) is 0 Å².